The third-order valence-electron chi connectivity index (χ3n) is 2.68. The number of nitriles is 1. The van der Waals surface area contributed by atoms with Crippen LogP contribution in [0.5, 0.6) is 0 Å². The maximum Gasteiger partial charge on any atom is 0.272 e. The molecule has 6 nitrogen and oxygen atoms in total. The molecule has 1 N–H and O–H groups in total. The lowest BCUT2D eigenvalue weighted by Gasteiger charge is -2.01. The van der Waals surface area contributed by atoms with Gasteiger partial charge in [0.1, 0.15) is 11.6 Å². The van der Waals surface area contributed by atoms with Gasteiger partial charge in [-0.1, -0.05) is 6.07 Å². The Bertz CT molecular complexity index is 847. The van der Waals surface area contributed by atoms with Crippen molar-refractivity contribution in [1.82, 2.24) is 19.6 Å². The Kier molecular flexibility index (Phi) is 3.23. The lowest BCUT2D eigenvalue weighted by atomic mass is 10.3. The van der Waals surface area contributed by atoms with Crippen LogP contribution in [-0.4, -0.2) is 19.6 Å². The summed E-state index contributed by atoms with van der Waals surface area (Å²) in [4.78, 5) is 20.4. The number of thioether (sulfide) groups is 1. The van der Waals surface area contributed by atoms with Crippen LogP contribution in [0.4, 0.5) is 0 Å². The minimum absolute atomic E-state index is 0.229. The topological polar surface area (TPSA) is 86.8 Å². The molecule has 3 aromatic rings. The standard InChI is InChI=1S/C13H9N5OS/c14-6-9-7-16-18-12(19)5-10(17-13(9)18)8-20-11-3-1-2-4-15-11/h1-5,7,16H,8H2. The van der Waals surface area contributed by atoms with Gasteiger partial charge in [0, 0.05) is 24.2 Å². The lowest BCUT2D eigenvalue weighted by molar-refractivity contribution is 0.888. The molecule has 3 rings (SSSR count). The van der Waals surface area contributed by atoms with Gasteiger partial charge >= 0.3 is 0 Å². The lowest BCUT2D eigenvalue weighted by Crippen LogP contribution is -2.15. The molecule has 3 aromatic heterocycles. The van der Waals surface area contributed by atoms with Gasteiger partial charge in [0.2, 0.25) is 0 Å². The smallest absolute Gasteiger partial charge is 0.272 e. The van der Waals surface area contributed by atoms with E-state index < -0.39 is 0 Å². The Hall–Kier alpha value is -2.59. The summed E-state index contributed by atoms with van der Waals surface area (Å²) in [6, 6.07) is 9.11. The van der Waals surface area contributed by atoms with Crippen molar-refractivity contribution < 1.29 is 0 Å². The van der Waals surface area contributed by atoms with Crippen LogP contribution in [0.2, 0.25) is 0 Å². The van der Waals surface area contributed by atoms with Crippen LogP contribution in [0.3, 0.4) is 0 Å². The zero-order valence-electron chi connectivity index (χ0n) is 10.3. The van der Waals surface area contributed by atoms with Gasteiger partial charge in [-0.15, -0.1) is 11.8 Å². The van der Waals surface area contributed by atoms with E-state index in [4.69, 9.17) is 5.26 Å². The second-order valence-corrected chi connectivity index (χ2v) is 5.00. The number of hydrogen-bond acceptors (Lipinski definition) is 5. The number of hydrogen-bond donors (Lipinski definition) is 1. The Labute approximate surface area is 118 Å². The van der Waals surface area contributed by atoms with Gasteiger partial charge in [-0.25, -0.2) is 14.5 Å². The van der Waals surface area contributed by atoms with Crippen molar-refractivity contribution in [2.24, 2.45) is 0 Å². The van der Waals surface area contributed by atoms with Crippen LogP contribution < -0.4 is 5.56 Å². The summed E-state index contributed by atoms with van der Waals surface area (Å²) in [6.07, 6.45) is 3.19. The molecule has 0 bridgehead atoms. The quantitative estimate of drug-likeness (QED) is 0.737. The highest BCUT2D eigenvalue weighted by molar-refractivity contribution is 7.98. The first-order valence-corrected chi connectivity index (χ1v) is 6.80. The third kappa shape index (κ3) is 2.29. The molecule has 0 fully saturated rings. The minimum atomic E-state index is -0.229. The fourth-order valence-corrected chi connectivity index (χ4v) is 2.52. The van der Waals surface area contributed by atoms with Gasteiger partial charge in [0.15, 0.2) is 5.65 Å². The molecule has 0 atom stereocenters. The van der Waals surface area contributed by atoms with Crippen molar-refractivity contribution in [3.05, 3.63) is 58.3 Å². The Morgan fingerprint density at radius 1 is 1.45 bits per heavy atom. The summed E-state index contributed by atoms with van der Waals surface area (Å²) in [5.74, 6) is 0.527. The predicted octanol–water partition coefficient (Wildman–Crippen LogP) is 1.58. The van der Waals surface area contributed by atoms with Crippen molar-refractivity contribution in [2.45, 2.75) is 10.8 Å². The number of aromatic amines is 1. The predicted molar refractivity (Wildman–Crippen MR) is 74.3 cm³/mol. The fourth-order valence-electron chi connectivity index (χ4n) is 1.77. The molecule has 0 radical (unpaired) electrons. The van der Waals surface area contributed by atoms with Crippen LogP contribution in [0.15, 0.2) is 46.5 Å². The van der Waals surface area contributed by atoms with Crippen LogP contribution in [-0.2, 0) is 5.75 Å². The Morgan fingerprint density at radius 3 is 3.10 bits per heavy atom. The molecule has 0 aromatic carbocycles. The molecule has 3 heterocycles. The van der Waals surface area contributed by atoms with E-state index >= 15 is 0 Å². The Balaban J connectivity index is 1.93. The van der Waals surface area contributed by atoms with Crippen molar-refractivity contribution >= 4 is 17.4 Å². The van der Waals surface area contributed by atoms with E-state index in [0.29, 0.717) is 22.7 Å². The number of fused-ring (bicyclic) bond motifs is 1. The van der Waals surface area contributed by atoms with E-state index in [-0.39, 0.29) is 5.56 Å². The summed E-state index contributed by atoms with van der Waals surface area (Å²) in [5.41, 5.74) is 1.11. The van der Waals surface area contributed by atoms with Crippen LogP contribution in [0, 0.1) is 11.3 Å². The highest BCUT2D eigenvalue weighted by Gasteiger charge is 2.09. The van der Waals surface area contributed by atoms with Crippen LogP contribution in [0.1, 0.15) is 11.3 Å². The molecule has 0 aliphatic rings. The molecule has 0 amide bonds. The van der Waals surface area contributed by atoms with E-state index in [0.717, 1.165) is 5.03 Å². The molecule has 0 aliphatic heterocycles. The van der Waals surface area contributed by atoms with Crippen molar-refractivity contribution in [2.75, 3.05) is 0 Å². The minimum Gasteiger partial charge on any atom is -0.295 e. The molecule has 0 unspecified atom stereocenters. The van der Waals surface area contributed by atoms with E-state index in [1.54, 1.807) is 6.20 Å². The highest BCUT2D eigenvalue weighted by atomic mass is 32.2. The van der Waals surface area contributed by atoms with Gasteiger partial charge in [-0.2, -0.15) is 5.26 Å². The SMILES string of the molecule is N#Cc1c[nH]n2c(=O)cc(CSc3ccccn3)nc12. The first-order valence-electron chi connectivity index (χ1n) is 5.82. The molecule has 7 heteroatoms. The summed E-state index contributed by atoms with van der Waals surface area (Å²) in [6.45, 7) is 0. The van der Waals surface area contributed by atoms with Gasteiger partial charge in [-0.3, -0.25) is 9.89 Å². The van der Waals surface area contributed by atoms with Crippen LogP contribution in [0.25, 0.3) is 5.65 Å². The average molecular weight is 283 g/mol. The molecule has 0 spiro atoms. The monoisotopic (exact) mass is 283 g/mol. The first kappa shape index (κ1) is 12.4. The van der Waals surface area contributed by atoms with Crippen molar-refractivity contribution in [3.63, 3.8) is 0 Å². The largest absolute Gasteiger partial charge is 0.295 e. The fraction of sp³-hybridized carbons (Fsp3) is 0.0769. The van der Waals surface area contributed by atoms with Gasteiger partial charge in [0.25, 0.3) is 5.56 Å². The van der Waals surface area contributed by atoms with E-state index in [1.165, 1.54) is 28.5 Å². The second-order valence-electron chi connectivity index (χ2n) is 4.00. The molecule has 0 saturated heterocycles. The van der Waals surface area contributed by atoms with Crippen LogP contribution >= 0.6 is 11.8 Å². The summed E-state index contributed by atoms with van der Waals surface area (Å²) >= 11 is 1.49. The second kappa shape index (κ2) is 5.19. The molecular formula is C13H9N5OS. The van der Waals surface area contributed by atoms with Crippen molar-refractivity contribution in [3.8, 4) is 6.07 Å². The number of nitrogens with one attached hydrogen (secondary N) is 1. The maximum atomic E-state index is 11.9. The number of aromatic nitrogens is 4. The number of nitrogens with zero attached hydrogens (tertiary/aromatic N) is 4. The van der Waals surface area contributed by atoms with Gasteiger partial charge in [-0.05, 0) is 12.1 Å². The van der Waals surface area contributed by atoms with E-state index in [9.17, 15) is 4.79 Å². The zero-order valence-corrected chi connectivity index (χ0v) is 11.1. The molecular weight excluding hydrogens is 274 g/mol. The zero-order chi connectivity index (χ0) is 13.9. The number of H-pyrrole nitrogens is 1. The summed E-state index contributed by atoms with van der Waals surface area (Å²) < 4.78 is 1.26. The number of pyridine rings is 1. The maximum absolute atomic E-state index is 11.9. The molecule has 98 valence electrons. The van der Waals surface area contributed by atoms with Gasteiger partial charge in [0.05, 0.1) is 10.7 Å². The van der Waals surface area contributed by atoms with Gasteiger partial charge < -0.3 is 0 Å². The van der Waals surface area contributed by atoms with E-state index in [2.05, 4.69) is 15.1 Å². The average Bonchev–Trinajstić information content (AvgIpc) is 2.90. The Morgan fingerprint density at radius 2 is 2.35 bits per heavy atom. The molecule has 0 aliphatic carbocycles. The number of rotatable bonds is 3. The molecule has 20 heavy (non-hydrogen) atoms. The normalized spacial score (nSPS) is 10.6. The summed E-state index contributed by atoms with van der Waals surface area (Å²) in [5, 5.41) is 12.5. The van der Waals surface area contributed by atoms with E-state index in [1.807, 2.05) is 24.3 Å². The summed E-state index contributed by atoms with van der Waals surface area (Å²) in [7, 11) is 0. The van der Waals surface area contributed by atoms with Crippen molar-refractivity contribution in [1.29, 1.82) is 5.26 Å². The molecule has 0 saturated carbocycles. The first-order chi connectivity index (χ1) is 9.78. The third-order valence-corrected chi connectivity index (χ3v) is 3.65. The highest BCUT2D eigenvalue weighted by Crippen LogP contribution is 2.19.